The first kappa shape index (κ1) is 14.3. The molecule has 0 unspecified atom stereocenters. The largest absolute Gasteiger partial charge is 0.276 e. The van der Waals surface area contributed by atoms with Gasteiger partial charge in [-0.25, -0.2) is 0 Å². The van der Waals surface area contributed by atoms with Crippen LogP contribution in [0.2, 0.25) is 0 Å². The Bertz CT molecular complexity index is 835. The van der Waals surface area contributed by atoms with Crippen LogP contribution in [0.3, 0.4) is 0 Å². The van der Waals surface area contributed by atoms with Crippen LogP contribution in [0.4, 0.5) is 5.69 Å². The number of carbonyl (C=O) groups excluding carboxylic acids is 1. The highest BCUT2D eigenvalue weighted by atomic mass is 32.1. The third-order valence-electron chi connectivity index (χ3n) is 3.15. The van der Waals surface area contributed by atoms with E-state index in [1.165, 1.54) is 11.3 Å². The Labute approximate surface area is 132 Å². The number of rotatable bonds is 3. The van der Waals surface area contributed by atoms with Crippen LogP contribution in [0.5, 0.6) is 0 Å². The molecule has 0 saturated heterocycles. The van der Waals surface area contributed by atoms with Crippen molar-refractivity contribution in [1.82, 2.24) is 4.57 Å². The van der Waals surface area contributed by atoms with Gasteiger partial charge in [0, 0.05) is 12.3 Å². The topological polar surface area (TPSA) is 46.4 Å². The number of hydrogen-bond acceptors (Lipinski definition) is 4. The molecule has 0 amide bonds. The van der Waals surface area contributed by atoms with Gasteiger partial charge in [-0.1, -0.05) is 48.5 Å². The molecular formula is C17H15N3OS. The van der Waals surface area contributed by atoms with Crippen molar-refractivity contribution < 1.29 is 4.79 Å². The maximum Gasteiger partial charge on any atom is 0.230 e. The minimum Gasteiger partial charge on any atom is -0.276 e. The molecule has 0 radical (unpaired) electrons. The lowest BCUT2D eigenvalue weighted by Crippen LogP contribution is -2.22. The van der Waals surface area contributed by atoms with E-state index in [2.05, 4.69) is 10.5 Å². The number of anilines is 1. The molecular weight excluding hydrogens is 294 g/mol. The second-order valence-electron chi connectivity index (χ2n) is 4.71. The van der Waals surface area contributed by atoms with Crippen LogP contribution in [0.1, 0.15) is 11.7 Å². The molecule has 0 bridgehead atoms. The summed E-state index contributed by atoms with van der Waals surface area (Å²) < 4.78 is 1.62. The van der Waals surface area contributed by atoms with Gasteiger partial charge in [-0.05, 0) is 17.7 Å². The standard InChI is InChI=1S/C17H15N3OS/c1-13(21)20-16(14-8-4-2-5-9-14)12-22-17(20)19-18-15-10-6-3-7-11-15/h2-12,18H,1H3/b19-17-. The summed E-state index contributed by atoms with van der Waals surface area (Å²) in [6.45, 7) is 1.54. The van der Waals surface area contributed by atoms with Crippen molar-refractivity contribution in [2.75, 3.05) is 5.43 Å². The number of nitrogens with zero attached hydrogens (tertiary/aromatic N) is 2. The van der Waals surface area contributed by atoms with E-state index in [4.69, 9.17) is 0 Å². The zero-order chi connectivity index (χ0) is 15.4. The third-order valence-corrected chi connectivity index (χ3v) is 3.97. The van der Waals surface area contributed by atoms with Gasteiger partial charge < -0.3 is 0 Å². The van der Waals surface area contributed by atoms with E-state index in [-0.39, 0.29) is 5.91 Å². The maximum absolute atomic E-state index is 12.0. The number of carbonyl (C=O) groups is 1. The van der Waals surface area contributed by atoms with E-state index in [1.54, 1.807) is 11.5 Å². The highest BCUT2D eigenvalue weighted by molar-refractivity contribution is 7.07. The monoisotopic (exact) mass is 309 g/mol. The van der Waals surface area contributed by atoms with Crippen LogP contribution in [0.15, 0.2) is 71.1 Å². The lowest BCUT2D eigenvalue weighted by atomic mass is 10.2. The molecule has 5 heteroatoms. The number of thiazole rings is 1. The second-order valence-corrected chi connectivity index (χ2v) is 5.55. The van der Waals surface area contributed by atoms with E-state index < -0.39 is 0 Å². The Hall–Kier alpha value is -2.66. The molecule has 1 N–H and O–H groups in total. The highest BCUT2D eigenvalue weighted by Crippen LogP contribution is 2.19. The van der Waals surface area contributed by atoms with Crippen LogP contribution in [0, 0.1) is 0 Å². The van der Waals surface area contributed by atoms with Crippen molar-refractivity contribution in [3.05, 3.63) is 70.8 Å². The molecule has 0 saturated carbocycles. The van der Waals surface area contributed by atoms with Crippen LogP contribution in [-0.2, 0) is 0 Å². The van der Waals surface area contributed by atoms with E-state index in [1.807, 2.05) is 66.0 Å². The van der Waals surface area contributed by atoms with Gasteiger partial charge >= 0.3 is 0 Å². The van der Waals surface area contributed by atoms with Gasteiger partial charge in [0.1, 0.15) is 0 Å². The first-order valence-electron chi connectivity index (χ1n) is 6.87. The SMILES string of the molecule is CC(=O)n1c(-c2ccccc2)cs/c1=N\Nc1ccccc1. The predicted molar refractivity (Wildman–Crippen MR) is 89.7 cm³/mol. The fourth-order valence-electron chi connectivity index (χ4n) is 2.13. The molecule has 1 heterocycles. The van der Waals surface area contributed by atoms with Crippen molar-refractivity contribution >= 4 is 22.9 Å². The van der Waals surface area contributed by atoms with Gasteiger partial charge in [-0.15, -0.1) is 16.4 Å². The Morgan fingerprint density at radius 1 is 1.05 bits per heavy atom. The Balaban J connectivity index is 2.02. The summed E-state index contributed by atoms with van der Waals surface area (Å²) in [5.74, 6) is -0.0614. The van der Waals surface area contributed by atoms with E-state index in [0.717, 1.165) is 16.9 Å². The number of nitrogens with one attached hydrogen (secondary N) is 1. The molecule has 0 aliphatic rings. The minimum absolute atomic E-state index is 0.0614. The summed E-state index contributed by atoms with van der Waals surface area (Å²) in [6, 6.07) is 19.5. The average Bonchev–Trinajstić information content (AvgIpc) is 2.99. The third kappa shape index (κ3) is 2.99. The molecule has 22 heavy (non-hydrogen) atoms. The fourth-order valence-corrected chi connectivity index (χ4v) is 3.02. The summed E-state index contributed by atoms with van der Waals surface area (Å²) in [5.41, 5.74) is 5.71. The predicted octanol–water partition coefficient (Wildman–Crippen LogP) is 3.80. The van der Waals surface area contributed by atoms with Gasteiger partial charge in [-0.3, -0.25) is 14.8 Å². The molecule has 0 spiro atoms. The van der Waals surface area contributed by atoms with E-state index in [0.29, 0.717) is 4.80 Å². The summed E-state index contributed by atoms with van der Waals surface area (Å²) in [4.78, 5) is 12.6. The highest BCUT2D eigenvalue weighted by Gasteiger charge is 2.11. The van der Waals surface area contributed by atoms with Crippen LogP contribution in [-0.4, -0.2) is 10.5 Å². The minimum atomic E-state index is -0.0614. The Morgan fingerprint density at radius 2 is 1.68 bits per heavy atom. The number of aromatic nitrogens is 1. The average molecular weight is 309 g/mol. The molecule has 0 aliphatic heterocycles. The van der Waals surface area contributed by atoms with Crippen LogP contribution >= 0.6 is 11.3 Å². The quantitative estimate of drug-likeness (QED) is 0.748. The van der Waals surface area contributed by atoms with Gasteiger partial charge in [-0.2, -0.15) is 0 Å². The lowest BCUT2D eigenvalue weighted by Gasteiger charge is -2.05. The van der Waals surface area contributed by atoms with Crippen molar-refractivity contribution in [1.29, 1.82) is 0 Å². The zero-order valence-electron chi connectivity index (χ0n) is 12.1. The Kier molecular flexibility index (Phi) is 4.16. The second kappa shape index (κ2) is 6.41. The van der Waals surface area contributed by atoms with E-state index in [9.17, 15) is 4.79 Å². The van der Waals surface area contributed by atoms with E-state index >= 15 is 0 Å². The normalized spacial score (nSPS) is 11.4. The van der Waals surface area contributed by atoms with Gasteiger partial charge in [0.25, 0.3) is 0 Å². The molecule has 0 aliphatic carbocycles. The number of hydrogen-bond donors (Lipinski definition) is 1. The van der Waals surface area contributed by atoms with Crippen molar-refractivity contribution in [3.63, 3.8) is 0 Å². The molecule has 3 aromatic rings. The van der Waals surface area contributed by atoms with Gasteiger partial charge in [0.2, 0.25) is 10.7 Å². The van der Waals surface area contributed by atoms with Crippen molar-refractivity contribution in [2.45, 2.75) is 6.92 Å². The molecule has 0 fully saturated rings. The first-order valence-corrected chi connectivity index (χ1v) is 7.75. The van der Waals surface area contributed by atoms with Crippen LogP contribution < -0.4 is 10.2 Å². The smallest absolute Gasteiger partial charge is 0.230 e. The number of para-hydroxylation sites is 1. The zero-order valence-corrected chi connectivity index (χ0v) is 12.9. The molecule has 110 valence electrons. The fraction of sp³-hybridized carbons (Fsp3) is 0.0588. The first-order chi connectivity index (χ1) is 10.8. The van der Waals surface area contributed by atoms with Crippen LogP contribution in [0.25, 0.3) is 11.3 Å². The van der Waals surface area contributed by atoms with Gasteiger partial charge in [0.05, 0.1) is 11.4 Å². The summed E-state index contributed by atoms with van der Waals surface area (Å²) in [7, 11) is 0. The molecule has 0 atom stereocenters. The van der Waals surface area contributed by atoms with Crippen molar-refractivity contribution in [3.8, 4) is 11.3 Å². The Morgan fingerprint density at radius 3 is 2.32 bits per heavy atom. The van der Waals surface area contributed by atoms with Crippen molar-refractivity contribution in [2.24, 2.45) is 5.10 Å². The molecule has 3 rings (SSSR count). The summed E-state index contributed by atoms with van der Waals surface area (Å²) >= 11 is 1.43. The maximum atomic E-state index is 12.0. The number of benzene rings is 2. The summed E-state index contributed by atoms with van der Waals surface area (Å²) in [6.07, 6.45) is 0. The molecule has 4 nitrogen and oxygen atoms in total. The lowest BCUT2D eigenvalue weighted by molar-refractivity contribution is 0.0935. The summed E-state index contributed by atoms with van der Waals surface area (Å²) in [5, 5.41) is 6.30. The van der Waals surface area contributed by atoms with Gasteiger partial charge in [0.15, 0.2) is 0 Å². The molecule has 2 aromatic carbocycles. The molecule has 1 aromatic heterocycles.